The van der Waals surface area contributed by atoms with E-state index in [1.165, 1.54) is 4.40 Å². The first-order valence-corrected chi connectivity index (χ1v) is 7.32. The van der Waals surface area contributed by atoms with Crippen LogP contribution in [-0.4, -0.2) is 57.0 Å². The van der Waals surface area contributed by atoms with Crippen LogP contribution in [-0.2, 0) is 6.54 Å². The zero-order valence-corrected chi connectivity index (χ0v) is 12.2. The lowest BCUT2D eigenvalue weighted by Crippen LogP contribution is -2.45. The molecule has 112 valence electrons. The van der Waals surface area contributed by atoms with Crippen molar-refractivity contribution in [2.75, 3.05) is 32.7 Å². The van der Waals surface area contributed by atoms with Gasteiger partial charge in [0, 0.05) is 45.0 Å². The maximum Gasteiger partial charge on any atom is 0.258 e. The standard InChI is InChI=1S/C15H20N4O2/c1-2-17-6-8-18(9-7-17)11-12-10-14(21)19-5-3-4-13(20)15(19)16-12/h3-5,10,20H,2,6-9,11H2,1H3. The highest BCUT2D eigenvalue weighted by Crippen LogP contribution is 2.14. The lowest BCUT2D eigenvalue weighted by atomic mass is 10.2. The quantitative estimate of drug-likeness (QED) is 0.893. The minimum atomic E-state index is -0.155. The Morgan fingerprint density at radius 1 is 1.24 bits per heavy atom. The van der Waals surface area contributed by atoms with Gasteiger partial charge in [-0.3, -0.25) is 14.1 Å². The van der Waals surface area contributed by atoms with E-state index < -0.39 is 0 Å². The van der Waals surface area contributed by atoms with Gasteiger partial charge in [-0.2, -0.15) is 0 Å². The van der Waals surface area contributed by atoms with E-state index in [0.29, 0.717) is 17.9 Å². The number of nitrogens with zero attached hydrogens (tertiary/aromatic N) is 4. The van der Waals surface area contributed by atoms with Gasteiger partial charge >= 0.3 is 0 Å². The van der Waals surface area contributed by atoms with E-state index in [4.69, 9.17) is 0 Å². The summed E-state index contributed by atoms with van der Waals surface area (Å²) in [4.78, 5) is 21.2. The fraction of sp³-hybridized carbons (Fsp3) is 0.467. The molecule has 0 saturated carbocycles. The molecule has 0 atom stereocenters. The Morgan fingerprint density at radius 2 is 1.95 bits per heavy atom. The Kier molecular flexibility index (Phi) is 3.90. The third kappa shape index (κ3) is 2.91. The fourth-order valence-electron chi connectivity index (χ4n) is 2.73. The lowest BCUT2D eigenvalue weighted by molar-refractivity contribution is 0.131. The molecule has 0 amide bonds. The molecule has 6 nitrogen and oxygen atoms in total. The Morgan fingerprint density at radius 3 is 2.67 bits per heavy atom. The highest BCUT2D eigenvalue weighted by molar-refractivity contribution is 5.52. The van der Waals surface area contributed by atoms with Crippen LogP contribution in [0.5, 0.6) is 5.75 Å². The molecule has 0 radical (unpaired) electrons. The molecule has 0 unspecified atom stereocenters. The zero-order chi connectivity index (χ0) is 14.8. The predicted molar refractivity (Wildman–Crippen MR) is 80.5 cm³/mol. The second kappa shape index (κ2) is 5.83. The van der Waals surface area contributed by atoms with Gasteiger partial charge in [-0.15, -0.1) is 0 Å². The summed E-state index contributed by atoms with van der Waals surface area (Å²) in [5.41, 5.74) is 0.886. The van der Waals surface area contributed by atoms with Crippen LogP contribution < -0.4 is 5.56 Å². The van der Waals surface area contributed by atoms with Crippen LogP contribution in [0, 0.1) is 0 Å². The number of hydrogen-bond acceptors (Lipinski definition) is 5. The molecule has 1 aliphatic rings. The number of pyridine rings is 1. The van der Waals surface area contributed by atoms with E-state index in [-0.39, 0.29) is 11.3 Å². The summed E-state index contributed by atoms with van der Waals surface area (Å²) >= 11 is 0. The molecule has 21 heavy (non-hydrogen) atoms. The minimum Gasteiger partial charge on any atom is -0.504 e. The zero-order valence-electron chi connectivity index (χ0n) is 12.2. The van der Waals surface area contributed by atoms with E-state index in [9.17, 15) is 9.90 Å². The van der Waals surface area contributed by atoms with Crippen molar-refractivity contribution >= 4 is 5.65 Å². The molecule has 0 aliphatic carbocycles. The van der Waals surface area contributed by atoms with E-state index in [1.807, 2.05) is 0 Å². The first kappa shape index (κ1) is 14.0. The number of piperazine rings is 1. The van der Waals surface area contributed by atoms with E-state index in [1.54, 1.807) is 24.4 Å². The molecule has 0 bridgehead atoms. The van der Waals surface area contributed by atoms with E-state index >= 15 is 0 Å². The summed E-state index contributed by atoms with van der Waals surface area (Å²) in [6, 6.07) is 4.74. The molecule has 6 heteroatoms. The van der Waals surface area contributed by atoms with Crippen molar-refractivity contribution in [1.29, 1.82) is 0 Å². The number of rotatable bonds is 3. The normalized spacial score (nSPS) is 17.4. The highest BCUT2D eigenvalue weighted by atomic mass is 16.3. The van der Waals surface area contributed by atoms with Crippen molar-refractivity contribution in [3.8, 4) is 5.75 Å². The van der Waals surface area contributed by atoms with Gasteiger partial charge < -0.3 is 10.0 Å². The summed E-state index contributed by atoms with van der Waals surface area (Å²) in [7, 11) is 0. The van der Waals surface area contributed by atoms with Gasteiger partial charge in [0.25, 0.3) is 5.56 Å². The number of fused-ring (bicyclic) bond motifs is 1. The lowest BCUT2D eigenvalue weighted by Gasteiger charge is -2.33. The first-order valence-electron chi connectivity index (χ1n) is 7.32. The molecule has 1 fully saturated rings. The fourth-order valence-corrected chi connectivity index (χ4v) is 2.73. The van der Waals surface area contributed by atoms with Crippen molar-refractivity contribution in [1.82, 2.24) is 19.2 Å². The minimum absolute atomic E-state index is 0.0345. The van der Waals surface area contributed by atoms with Crippen LogP contribution in [0.15, 0.2) is 29.2 Å². The SMILES string of the molecule is CCN1CCN(Cc2cc(=O)n3cccc(O)c3n2)CC1. The van der Waals surface area contributed by atoms with Crippen molar-refractivity contribution in [2.24, 2.45) is 0 Å². The van der Waals surface area contributed by atoms with Crippen molar-refractivity contribution < 1.29 is 5.11 Å². The van der Waals surface area contributed by atoms with Gasteiger partial charge in [-0.25, -0.2) is 4.98 Å². The predicted octanol–water partition coefficient (Wildman–Crippen LogP) is 0.538. The van der Waals surface area contributed by atoms with E-state index in [0.717, 1.165) is 32.7 Å². The molecule has 2 aromatic heterocycles. The van der Waals surface area contributed by atoms with Gasteiger partial charge in [0.05, 0.1) is 5.69 Å². The highest BCUT2D eigenvalue weighted by Gasteiger charge is 2.16. The molecule has 1 saturated heterocycles. The Balaban J connectivity index is 1.82. The van der Waals surface area contributed by atoms with Crippen LogP contribution in [0.3, 0.4) is 0 Å². The molecular formula is C15H20N4O2. The van der Waals surface area contributed by atoms with Gasteiger partial charge in [0.2, 0.25) is 0 Å². The van der Waals surface area contributed by atoms with Crippen LogP contribution >= 0.6 is 0 Å². The van der Waals surface area contributed by atoms with Crippen LogP contribution in [0.4, 0.5) is 0 Å². The second-order valence-electron chi connectivity index (χ2n) is 5.38. The Labute approximate surface area is 123 Å². The number of likely N-dealkylation sites (N-methyl/N-ethyl adjacent to an activating group) is 1. The van der Waals surface area contributed by atoms with Gasteiger partial charge in [0.15, 0.2) is 11.4 Å². The summed E-state index contributed by atoms with van der Waals surface area (Å²) < 4.78 is 1.37. The Bertz CT molecular complexity index is 690. The third-order valence-electron chi connectivity index (χ3n) is 4.02. The summed E-state index contributed by atoms with van der Waals surface area (Å²) in [6.07, 6.45) is 1.62. The average Bonchev–Trinajstić information content (AvgIpc) is 2.49. The van der Waals surface area contributed by atoms with Crippen molar-refractivity contribution in [3.05, 3.63) is 40.4 Å². The molecule has 2 aromatic rings. The first-order chi connectivity index (χ1) is 10.2. The summed E-state index contributed by atoms with van der Waals surface area (Å²) in [5, 5.41) is 9.85. The monoisotopic (exact) mass is 288 g/mol. The maximum absolute atomic E-state index is 12.1. The largest absolute Gasteiger partial charge is 0.504 e. The molecule has 0 spiro atoms. The van der Waals surface area contributed by atoms with Gasteiger partial charge in [-0.05, 0) is 18.7 Å². The molecule has 1 N–H and O–H groups in total. The van der Waals surface area contributed by atoms with Crippen molar-refractivity contribution in [2.45, 2.75) is 13.5 Å². The molecular weight excluding hydrogens is 268 g/mol. The summed E-state index contributed by atoms with van der Waals surface area (Å²) in [5.74, 6) is 0.0345. The second-order valence-corrected chi connectivity index (χ2v) is 5.38. The molecule has 3 heterocycles. The smallest absolute Gasteiger partial charge is 0.258 e. The van der Waals surface area contributed by atoms with Crippen LogP contribution in [0.1, 0.15) is 12.6 Å². The number of aromatic hydroxyl groups is 1. The van der Waals surface area contributed by atoms with Gasteiger partial charge in [0.1, 0.15) is 0 Å². The molecule has 1 aliphatic heterocycles. The molecule has 3 rings (SSSR count). The van der Waals surface area contributed by atoms with Crippen molar-refractivity contribution in [3.63, 3.8) is 0 Å². The summed E-state index contributed by atoms with van der Waals surface area (Å²) in [6.45, 7) is 7.97. The molecule has 0 aromatic carbocycles. The van der Waals surface area contributed by atoms with E-state index in [2.05, 4.69) is 21.7 Å². The number of aromatic nitrogens is 2. The number of hydrogen-bond donors (Lipinski definition) is 1. The van der Waals surface area contributed by atoms with Crippen LogP contribution in [0.2, 0.25) is 0 Å². The average molecular weight is 288 g/mol. The maximum atomic E-state index is 12.1. The van der Waals surface area contributed by atoms with Crippen LogP contribution in [0.25, 0.3) is 5.65 Å². The van der Waals surface area contributed by atoms with Gasteiger partial charge in [-0.1, -0.05) is 6.92 Å². The third-order valence-corrected chi connectivity index (χ3v) is 4.02. The topological polar surface area (TPSA) is 61.1 Å². The Hall–Kier alpha value is -1.92.